The molecule has 1 fully saturated rings. The highest BCUT2D eigenvalue weighted by Gasteiger charge is 2.26. The molecule has 0 heterocycles. The topological polar surface area (TPSA) is 35.5 Å². The maximum Gasteiger partial charge on any atom is 0.0693 e. The number of hydrogen-bond acceptors (Lipinski definition) is 3. The molecule has 0 aromatic heterocycles. The van der Waals surface area contributed by atoms with E-state index in [2.05, 4.69) is 54.4 Å². The first-order valence-corrected chi connectivity index (χ1v) is 7.96. The number of benzene rings is 1. The second kappa shape index (κ2) is 7.77. The number of hydrogen-bond donors (Lipinski definition) is 2. The molecule has 3 nitrogen and oxygen atoms in total. The number of nitrogens with zero attached hydrogens (tertiary/aromatic N) is 1. The quantitative estimate of drug-likeness (QED) is 0.803. The third-order valence-electron chi connectivity index (χ3n) is 4.49. The Morgan fingerprint density at radius 1 is 1.20 bits per heavy atom. The number of aliphatic hydroxyl groups excluding tert-OH is 1. The van der Waals surface area contributed by atoms with Gasteiger partial charge >= 0.3 is 0 Å². The van der Waals surface area contributed by atoms with Crippen LogP contribution in [0, 0.1) is 0 Å². The van der Waals surface area contributed by atoms with Crippen LogP contribution >= 0.6 is 0 Å². The van der Waals surface area contributed by atoms with Crippen molar-refractivity contribution in [3.05, 3.63) is 35.9 Å². The van der Waals surface area contributed by atoms with E-state index in [0.29, 0.717) is 6.04 Å². The lowest BCUT2D eigenvalue weighted by Crippen LogP contribution is -2.42. The second-order valence-electron chi connectivity index (χ2n) is 5.66. The summed E-state index contributed by atoms with van der Waals surface area (Å²) in [5, 5.41) is 13.5. The molecule has 1 unspecified atom stereocenters. The molecule has 20 heavy (non-hydrogen) atoms. The van der Waals surface area contributed by atoms with E-state index in [9.17, 15) is 5.11 Å². The van der Waals surface area contributed by atoms with Crippen molar-refractivity contribution < 1.29 is 5.11 Å². The summed E-state index contributed by atoms with van der Waals surface area (Å²) in [6.07, 6.45) is 3.02. The Hall–Kier alpha value is -0.900. The van der Waals surface area contributed by atoms with Crippen molar-refractivity contribution >= 4 is 0 Å². The van der Waals surface area contributed by atoms with Crippen LogP contribution in [0.4, 0.5) is 0 Å². The van der Waals surface area contributed by atoms with Crippen LogP contribution < -0.4 is 5.32 Å². The van der Waals surface area contributed by atoms with E-state index >= 15 is 0 Å². The smallest absolute Gasteiger partial charge is 0.0693 e. The number of nitrogens with one attached hydrogen (secondary N) is 1. The molecule has 0 amide bonds. The maximum absolute atomic E-state index is 9.95. The Morgan fingerprint density at radius 3 is 2.45 bits per heavy atom. The summed E-state index contributed by atoms with van der Waals surface area (Å²) in [7, 11) is 0. The minimum Gasteiger partial charge on any atom is -0.392 e. The lowest BCUT2D eigenvalue weighted by molar-refractivity contribution is 0.138. The monoisotopic (exact) mass is 276 g/mol. The summed E-state index contributed by atoms with van der Waals surface area (Å²) in [5.41, 5.74) is 1.36. The van der Waals surface area contributed by atoms with Gasteiger partial charge in [-0.05, 0) is 37.9 Å². The molecule has 1 aliphatic carbocycles. The SMILES string of the molecule is CCN(CC)C(CN[C@H]1CCC[C@@H]1O)c1ccccc1. The van der Waals surface area contributed by atoms with Crippen LogP contribution in [0.2, 0.25) is 0 Å². The lowest BCUT2D eigenvalue weighted by atomic mass is 10.0. The van der Waals surface area contributed by atoms with Crippen LogP contribution in [-0.2, 0) is 0 Å². The highest BCUT2D eigenvalue weighted by Crippen LogP contribution is 2.22. The highest BCUT2D eigenvalue weighted by molar-refractivity contribution is 5.19. The minimum atomic E-state index is -0.164. The van der Waals surface area contributed by atoms with Crippen LogP contribution in [0.5, 0.6) is 0 Å². The average molecular weight is 276 g/mol. The van der Waals surface area contributed by atoms with Crippen molar-refractivity contribution in [3.8, 4) is 0 Å². The van der Waals surface area contributed by atoms with E-state index < -0.39 is 0 Å². The molecular formula is C17H28N2O. The van der Waals surface area contributed by atoms with Crippen molar-refractivity contribution in [2.75, 3.05) is 19.6 Å². The Balaban J connectivity index is 2.03. The molecule has 0 bridgehead atoms. The Bertz CT molecular complexity index is 378. The standard InChI is InChI=1S/C17H28N2O/c1-3-19(4-2)16(14-9-6-5-7-10-14)13-18-15-11-8-12-17(15)20/h5-7,9-10,15-18,20H,3-4,8,11-13H2,1-2H3/t15-,16?,17-/m0/s1. The minimum absolute atomic E-state index is 0.164. The summed E-state index contributed by atoms with van der Waals surface area (Å²) >= 11 is 0. The van der Waals surface area contributed by atoms with Crippen LogP contribution in [-0.4, -0.2) is 41.8 Å². The Morgan fingerprint density at radius 2 is 1.90 bits per heavy atom. The summed E-state index contributed by atoms with van der Waals surface area (Å²) in [5.74, 6) is 0. The zero-order chi connectivity index (χ0) is 14.4. The van der Waals surface area contributed by atoms with Gasteiger partial charge in [0.1, 0.15) is 0 Å². The third-order valence-corrected chi connectivity index (χ3v) is 4.49. The first kappa shape index (κ1) is 15.5. The van der Waals surface area contributed by atoms with Crippen LogP contribution in [0.1, 0.15) is 44.7 Å². The maximum atomic E-state index is 9.95. The highest BCUT2D eigenvalue weighted by atomic mass is 16.3. The first-order chi connectivity index (χ1) is 9.76. The molecule has 0 saturated heterocycles. The predicted molar refractivity (Wildman–Crippen MR) is 83.8 cm³/mol. The molecule has 1 saturated carbocycles. The van der Waals surface area contributed by atoms with Gasteiger partial charge in [0.05, 0.1) is 6.10 Å². The number of likely N-dealkylation sites (N-methyl/N-ethyl adjacent to an activating group) is 1. The van der Waals surface area contributed by atoms with Crippen LogP contribution in [0.25, 0.3) is 0 Å². The van der Waals surface area contributed by atoms with Gasteiger partial charge in [-0.3, -0.25) is 4.90 Å². The van der Waals surface area contributed by atoms with E-state index in [0.717, 1.165) is 38.9 Å². The summed E-state index contributed by atoms with van der Waals surface area (Å²) in [6.45, 7) is 7.43. The van der Waals surface area contributed by atoms with Gasteiger partial charge in [-0.15, -0.1) is 0 Å². The van der Waals surface area contributed by atoms with E-state index in [1.165, 1.54) is 5.56 Å². The van der Waals surface area contributed by atoms with Gasteiger partial charge in [0.15, 0.2) is 0 Å². The zero-order valence-corrected chi connectivity index (χ0v) is 12.8. The van der Waals surface area contributed by atoms with Crippen molar-refractivity contribution in [2.24, 2.45) is 0 Å². The van der Waals surface area contributed by atoms with Crippen molar-refractivity contribution in [1.82, 2.24) is 10.2 Å². The summed E-state index contributed by atoms with van der Waals surface area (Å²) in [4.78, 5) is 2.48. The Labute approximate surface area is 123 Å². The molecule has 2 rings (SSSR count). The molecular weight excluding hydrogens is 248 g/mol. The van der Waals surface area contributed by atoms with Crippen molar-refractivity contribution in [1.29, 1.82) is 0 Å². The summed E-state index contributed by atoms with van der Waals surface area (Å²) in [6, 6.07) is 11.4. The fraction of sp³-hybridized carbons (Fsp3) is 0.647. The van der Waals surface area contributed by atoms with Gasteiger partial charge < -0.3 is 10.4 Å². The first-order valence-electron chi connectivity index (χ1n) is 7.96. The predicted octanol–water partition coefficient (Wildman–Crippen LogP) is 2.57. The molecule has 1 aromatic carbocycles. The Kier molecular flexibility index (Phi) is 6.02. The van der Waals surface area contributed by atoms with Crippen molar-refractivity contribution in [2.45, 2.75) is 51.3 Å². The molecule has 1 aromatic rings. The van der Waals surface area contributed by atoms with E-state index in [4.69, 9.17) is 0 Å². The summed E-state index contributed by atoms with van der Waals surface area (Å²) < 4.78 is 0. The normalized spacial score (nSPS) is 24.2. The molecule has 2 N–H and O–H groups in total. The van der Waals surface area contributed by atoms with E-state index in [1.54, 1.807) is 0 Å². The zero-order valence-electron chi connectivity index (χ0n) is 12.8. The van der Waals surface area contributed by atoms with Crippen molar-refractivity contribution in [3.63, 3.8) is 0 Å². The molecule has 0 aliphatic heterocycles. The van der Waals surface area contributed by atoms with Gasteiger partial charge in [0, 0.05) is 18.6 Å². The average Bonchev–Trinajstić information content (AvgIpc) is 2.90. The molecule has 112 valence electrons. The van der Waals surface area contributed by atoms with E-state index in [1.807, 2.05) is 0 Å². The second-order valence-corrected chi connectivity index (χ2v) is 5.66. The molecule has 3 heteroatoms. The number of aliphatic hydroxyl groups is 1. The lowest BCUT2D eigenvalue weighted by Gasteiger charge is -2.32. The van der Waals surface area contributed by atoms with Gasteiger partial charge in [-0.1, -0.05) is 44.2 Å². The largest absolute Gasteiger partial charge is 0.392 e. The van der Waals surface area contributed by atoms with Gasteiger partial charge in [-0.2, -0.15) is 0 Å². The molecule has 1 aliphatic rings. The molecule has 0 spiro atoms. The molecule has 3 atom stereocenters. The third kappa shape index (κ3) is 3.81. The number of rotatable bonds is 7. The fourth-order valence-electron chi connectivity index (χ4n) is 3.24. The van der Waals surface area contributed by atoms with E-state index in [-0.39, 0.29) is 12.1 Å². The molecule has 0 radical (unpaired) electrons. The van der Waals surface area contributed by atoms with Gasteiger partial charge in [0.25, 0.3) is 0 Å². The van der Waals surface area contributed by atoms with Gasteiger partial charge in [0.2, 0.25) is 0 Å². The van der Waals surface area contributed by atoms with Crippen LogP contribution in [0.15, 0.2) is 30.3 Å². The van der Waals surface area contributed by atoms with Gasteiger partial charge in [-0.25, -0.2) is 0 Å². The van der Waals surface area contributed by atoms with Crippen LogP contribution in [0.3, 0.4) is 0 Å². The fourth-order valence-corrected chi connectivity index (χ4v) is 3.24.